The van der Waals surface area contributed by atoms with Gasteiger partial charge in [0, 0.05) is 71.9 Å². The summed E-state index contributed by atoms with van der Waals surface area (Å²) >= 11 is 3.55. The molecule has 0 radical (unpaired) electrons. The molecular formula is C32H34BrN5O. The van der Waals surface area contributed by atoms with Gasteiger partial charge in [0.1, 0.15) is 0 Å². The number of benzene rings is 3. The third kappa shape index (κ3) is 6.92. The van der Waals surface area contributed by atoms with Crippen molar-refractivity contribution >= 4 is 28.1 Å². The Hall–Kier alpha value is -3.52. The van der Waals surface area contributed by atoms with Crippen LogP contribution in [0.15, 0.2) is 94.5 Å². The van der Waals surface area contributed by atoms with E-state index >= 15 is 0 Å². The first-order valence-corrected chi connectivity index (χ1v) is 14.1. The third-order valence-electron chi connectivity index (χ3n) is 7.24. The van der Waals surface area contributed by atoms with Crippen molar-refractivity contribution in [1.29, 1.82) is 0 Å². The number of aromatic nitrogens is 1. The van der Waals surface area contributed by atoms with Crippen LogP contribution in [-0.4, -0.2) is 52.7 Å². The standard InChI is InChI=1S/C32H34BrN5O/c1-24-19-29(25(2)38(24)31-10-6-9-30(33)20-31)21-34-35-32(39)28-13-11-27(12-14-28)23-37-17-15-36(16-18-37)22-26-7-4-3-5-8-26/h3-14,19-21H,15-18,22-23H2,1-2H3,(H,35,39)/b34-21+. The second kappa shape index (κ2) is 12.6. The number of piperazine rings is 1. The molecule has 1 aliphatic rings. The number of carbonyl (C=O) groups is 1. The maximum absolute atomic E-state index is 12.7. The fourth-order valence-corrected chi connectivity index (χ4v) is 5.51. The average molecular weight is 585 g/mol. The second-order valence-corrected chi connectivity index (χ2v) is 11.0. The van der Waals surface area contributed by atoms with Gasteiger partial charge in [-0.3, -0.25) is 14.6 Å². The summed E-state index contributed by atoms with van der Waals surface area (Å²) < 4.78 is 3.21. The van der Waals surface area contributed by atoms with E-state index in [0.717, 1.165) is 66.4 Å². The monoisotopic (exact) mass is 583 g/mol. The molecule has 1 fully saturated rings. The number of nitrogens with zero attached hydrogens (tertiary/aromatic N) is 4. The van der Waals surface area contributed by atoms with Crippen LogP contribution in [-0.2, 0) is 13.1 Å². The number of halogens is 1. The van der Waals surface area contributed by atoms with Gasteiger partial charge in [-0.25, -0.2) is 5.43 Å². The number of hydrogen-bond acceptors (Lipinski definition) is 4. The zero-order chi connectivity index (χ0) is 27.2. The molecule has 200 valence electrons. The molecule has 0 saturated carbocycles. The van der Waals surface area contributed by atoms with Crippen LogP contribution < -0.4 is 5.43 Å². The van der Waals surface area contributed by atoms with Gasteiger partial charge < -0.3 is 4.57 Å². The Labute approximate surface area is 239 Å². The predicted octanol–water partition coefficient (Wildman–Crippen LogP) is 5.94. The Bertz CT molecular complexity index is 1440. The highest BCUT2D eigenvalue weighted by molar-refractivity contribution is 9.10. The van der Waals surface area contributed by atoms with E-state index in [-0.39, 0.29) is 5.91 Å². The number of hydrogen-bond donors (Lipinski definition) is 1. The van der Waals surface area contributed by atoms with E-state index in [1.807, 2.05) is 36.4 Å². The molecule has 0 unspecified atom stereocenters. The molecule has 0 spiro atoms. The van der Waals surface area contributed by atoms with Gasteiger partial charge in [-0.05, 0) is 61.4 Å². The highest BCUT2D eigenvalue weighted by atomic mass is 79.9. The molecule has 0 bridgehead atoms. The number of carbonyl (C=O) groups excluding carboxylic acids is 1. The molecule has 1 aromatic heterocycles. The van der Waals surface area contributed by atoms with Gasteiger partial charge in [-0.2, -0.15) is 5.10 Å². The highest BCUT2D eigenvalue weighted by Gasteiger charge is 2.17. The van der Waals surface area contributed by atoms with E-state index in [1.54, 1.807) is 6.21 Å². The van der Waals surface area contributed by atoms with E-state index in [0.29, 0.717) is 5.56 Å². The quantitative estimate of drug-likeness (QED) is 0.206. The smallest absolute Gasteiger partial charge is 0.271 e. The van der Waals surface area contributed by atoms with Crippen LogP contribution in [0.25, 0.3) is 5.69 Å². The van der Waals surface area contributed by atoms with Gasteiger partial charge in [0.2, 0.25) is 0 Å². The van der Waals surface area contributed by atoms with Gasteiger partial charge in [0.25, 0.3) is 5.91 Å². The van der Waals surface area contributed by atoms with Gasteiger partial charge in [-0.1, -0.05) is 64.5 Å². The molecular weight excluding hydrogens is 550 g/mol. The average Bonchev–Trinajstić information content (AvgIpc) is 3.23. The maximum atomic E-state index is 12.7. The minimum atomic E-state index is -0.215. The van der Waals surface area contributed by atoms with Crippen molar-refractivity contribution in [3.63, 3.8) is 0 Å². The van der Waals surface area contributed by atoms with Crippen LogP contribution in [0, 0.1) is 13.8 Å². The van der Waals surface area contributed by atoms with Crippen molar-refractivity contribution in [2.24, 2.45) is 5.10 Å². The van der Waals surface area contributed by atoms with Crippen molar-refractivity contribution in [3.8, 4) is 5.69 Å². The topological polar surface area (TPSA) is 52.9 Å². The van der Waals surface area contributed by atoms with Crippen LogP contribution in [0.4, 0.5) is 0 Å². The SMILES string of the molecule is Cc1cc(/C=N/NC(=O)c2ccc(CN3CCN(Cc4ccccc4)CC3)cc2)c(C)n1-c1cccc(Br)c1. The first-order valence-electron chi connectivity index (χ1n) is 13.3. The maximum Gasteiger partial charge on any atom is 0.271 e. The molecule has 1 N–H and O–H groups in total. The van der Waals surface area contributed by atoms with E-state index < -0.39 is 0 Å². The van der Waals surface area contributed by atoms with Crippen LogP contribution in [0.2, 0.25) is 0 Å². The summed E-state index contributed by atoms with van der Waals surface area (Å²) in [4.78, 5) is 17.7. The number of hydrazone groups is 1. The fraction of sp³-hybridized carbons (Fsp3) is 0.250. The van der Waals surface area contributed by atoms with Crippen molar-refractivity contribution in [1.82, 2.24) is 19.8 Å². The molecule has 1 aliphatic heterocycles. The van der Waals surface area contributed by atoms with E-state index in [9.17, 15) is 4.79 Å². The van der Waals surface area contributed by atoms with Gasteiger partial charge in [-0.15, -0.1) is 0 Å². The van der Waals surface area contributed by atoms with Gasteiger partial charge in [0.15, 0.2) is 0 Å². The van der Waals surface area contributed by atoms with Crippen LogP contribution in [0.5, 0.6) is 0 Å². The molecule has 2 heterocycles. The summed E-state index contributed by atoms with van der Waals surface area (Å²) in [5.74, 6) is -0.215. The summed E-state index contributed by atoms with van der Waals surface area (Å²) in [7, 11) is 0. The lowest BCUT2D eigenvalue weighted by Crippen LogP contribution is -2.45. The minimum Gasteiger partial charge on any atom is -0.318 e. The zero-order valence-corrected chi connectivity index (χ0v) is 24.1. The number of nitrogens with one attached hydrogen (secondary N) is 1. The molecule has 0 atom stereocenters. The van der Waals surface area contributed by atoms with Crippen LogP contribution in [0.1, 0.15) is 38.4 Å². The van der Waals surface area contributed by atoms with Crippen molar-refractivity contribution in [2.75, 3.05) is 26.2 Å². The lowest BCUT2D eigenvalue weighted by Gasteiger charge is -2.34. The van der Waals surface area contributed by atoms with Gasteiger partial charge in [0.05, 0.1) is 6.21 Å². The van der Waals surface area contributed by atoms with E-state index in [4.69, 9.17) is 0 Å². The fourth-order valence-electron chi connectivity index (χ4n) is 5.12. The molecule has 1 amide bonds. The van der Waals surface area contributed by atoms with Crippen LogP contribution in [0.3, 0.4) is 0 Å². The number of amides is 1. The molecule has 6 nitrogen and oxygen atoms in total. The Morgan fingerprint density at radius 3 is 2.13 bits per heavy atom. The summed E-state index contributed by atoms with van der Waals surface area (Å²) in [6, 6.07) is 28.8. The second-order valence-electron chi connectivity index (χ2n) is 10.1. The normalized spacial score (nSPS) is 14.6. The lowest BCUT2D eigenvalue weighted by molar-refractivity contribution is 0.0955. The Morgan fingerprint density at radius 1 is 0.846 bits per heavy atom. The lowest BCUT2D eigenvalue weighted by atomic mass is 10.1. The van der Waals surface area contributed by atoms with Crippen molar-refractivity contribution in [3.05, 3.63) is 123 Å². The largest absolute Gasteiger partial charge is 0.318 e. The van der Waals surface area contributed by atoms with Crippen molar-refractivity contribution < 1.29 is 4.79 Å². The first kappa shape index (κ1) is 27.1. The minimum absolute atomic E-state index is 0.215. The zero-order valence-electron chi connectivity index (χ0n) is 22.5. The molecule has 0 aliphatic carbocycles. The van der Waals surface area contributed by atoms with E-state index in [1.165, 1.54) is 11.1 Å². The Kier molecular flexibility index (Phi) is 8.71. The molecule has 4 aromatic rings. The predicted molar refractivity (Wildman–Crippen MR) is 161 cm³/mol. The molecule has 5 rings (SSSR count). The van der Waals surface area contributed by atoms with Crippen molar-refractivity contribution in [2.45, 2.75) is 26.9 Å². The molecule has 7 heteroatoms. The molecule has 3 aromatic carbocycles. The first-order chi connectivity index (χ1) is 19.0. The van der Waals surface area contributed by atoms with Gasteiger partial charge >= 0.3 is 0 Å². The summed E-state index contributed by atoms with van der Waals surface area (Å²) in [5, 5.41) is 4.24. The number of aryl methyl sites for hydroxylation is 1. The summed E-state index contributed by atoms with van der Waals surface area (Å²) in [5.41, 5.74) is 10.1. The summed E-state index contributed by atoms with van der Waals surface area (Å²) in [6.45, 7) is 10.3. The molecule has 1 saturated heterocycles. The Morgan fingerprint density at radius 2 is 1.49 bits per heavy atom. The summed E-state index contributed by atoms with van der Waals surface area (Å²) in [6.07, 6.45) is 1.71. The van der Waals surface area contributed by atoms with E-state index in [2.05, 4.69) is 103 Å². The highest BCUT2D eigenvalue weighted by Crippen LogP contribution is 2.22. The number of rotatable bonds is 8. The Balaban J connectivity index is 1.12. The third-order valence-corrected chi connectivity index (χ3v) is 7.74. The molecule has 39 heavy (non-hydrogen) atoms. The van der Waals surface area contributed by atoms with Crippen LogP contribution >= 0.6 is 15.9 Å².